The number of carbonyl (C=O) groups excluding carboxylic acids is 1. The molecule has 7 nitrogen and oxygen atoms in total. The van der Waals surface area contributed by atoms with E-state index >= 15 is 0 Å². The van der Waals surface area contributed by atoms with Crippen molar-refractivity contribution in [2.75, 3.05) is 19.6 Å². The standard InChI is InChI=1S/C17H20ClN5O2/c1-11(2)10-23-15(20-9-12-3-5-13(18)6-4-12)14(21-25)16(24)22-8-7-19-17(22)23/h3-6,11,25H,7-10H2,1-2H3. The molecule has 8 heteroatoms. The van der Waals surface area contributed by atoms with E-state index in [0.717, 1.165) is 5.56 Å². The summed E-state index contributed by atoms with van der Waals surface area (Å²) in [5.41, 5.74) is 0.900. The highest BCUT2D eigenvalue weighted by atomic mass is 35.5. The van der Waals surface area contributed by atoms with Gasteiger partial charge in [-0.15, -0.1) is 0 Å². The minimum Gasteiger partial charge on any atom is -0.410 e. The normalized spacial score (nSPS) is 20.6. The number of benzene rings is 1. The van der Waals surface area contributed by atoms with Crippen LogP contribution in [-0.2, 0) is 11.3 Å². The van der Waals surface area contributed by atoms with Crippen LogP contribution in [0.25, 0.3) is 0 Å². The topological polar surface area (TPSA) is 80.9 Å². The lowest BCUT2D eigenvalue weighted by molar-refractivity contribution is -0.120. The highest BCUT2D eigenvalue weighted by Gasteiger charge is 2.42. The third-order valence-electron chi connectivity index (χ3n) is 3.95. The number of amides is 1. The van der Waals surface area contributed by atoms with E-state index in [1.165, 1.54) is 0 Å². The molecule has 1 aromatic carbocycles. The summed E-state index contributed by atoms with van der Waals surface area (Å²) in [6.07, 6.45) is 0. The van der Waals surface area contributed by atoms with Crippen molar-refractivity contribution < 1.29 is 10.0 Å². The minimum atomic E-state index is -0.367. The first-order chi connectivity index (χ1) is 12.0. The smallest absolute Gasteiger partial charge is 0.286 e. The molecule has 0 bridgehead atoms. The maximum absolute atomic E-state index is 12.6. The highest BCUT2D eigenvalue weighted by molar-refractivity contribution is 6.70. The van der Waals surface area contributed by atoms with Gasteiger partial charge in [0.05, 0.1) is 13.1 Å². The Balaban J connectivity index is 1.97. The van der Waals surface area contributed by atoms with Crippen LogP contribution in [0.1, 0.15) is 19.4 Å². The van der Waals surface area contributed by atoms with Crippen molar-refractivity contribution in [2.45, 2.75) is 20.4 Å². The van der Waals surface area contributed by atoms with Gasteiger partial charge in [0.2, 0.25) is 11.7 Å². The van der Waals surface area contributed by atoms with Gasteiger partial charge in [-0.05, 0) is 23.6 Å². The van der Waals surface area contributed by atoms with Crippen molar-refractivity contribution in [2.24, 2.45) is 21.1 Å². The Hall–Kier alpha value is -2.41. The Kier molecular flexibility index (Phi) is 5.03. The van der Waals surface area contributed by atoms with Crippen molar-refractivity contribution >= 4 is 35.0 Å². The van der Waals surface area contributed by atoms with Crippen LogP contribution < -0.4 is 0 Å². The van der Waals surface area contributed by atoms with Crippen LogP contribution in [0.2, 0.25) is 5.02 Å². The first-order valence-corrected chi connectivity index (χ1v) is 8.54. The Morgan fingerprint density at radius 1 is 1.32 bits per heavy atom. The number of carbonyl (C=O) groups is 1. The monoisotopic (exact) mass is 361 g/mol. The second-order valence-corrected chi connectivity index (χ2v) is 6.79. The van der Waals surface area contributed by atoms with Gasteiger partial charge in [-0.25, -0.2) is 0 Å². The van der Waals surface area contributed by atoms with Crippen molar-refractivity contribution in [3.8, 4) is 0 Å². The summed E-state index contributed by atoms with van der Waals surface area (Å²) in [7, 11) is 0. The van der Waals surface area contributed by atoms with Gasteiger partial charge in [-0.2, -0.15) is 0 Å². The van der Waals surface area contributed by atoms with Crippen LogP contribution in [0, 0.1) is 5.92 Å². The summed E-state index contributed by atoms with van der Waals surface area (Å²) >= 11 is 5.90. The number of hydrogen-bond acceptors (Lipinski definition) is 5. The molecule has 2 heterocycles. The molecular weight excluding hydrogens is 342 g/mol. The van der Waals surface area contributed by atoms with Crippen molar-refractivity contribution in [3.63, 3.8) is 0 Å². The van der Waals surface area contributed by atoms with Gasteiger partial charge >= 0.3 is 0 Å². The van der Waals surface area contributed by atoms with E-state index < -0.39 is 0 Å². The van der Waals surface area contributed by atoms with E-state index in [9.17, 15) is 10.0 Å². The van der Waals surface area contributed by atoms with E-state index in [-0.39, 0.29) is 11.6 Å². The third kappa shape index (κ3) is 3.51. The predicted octanol–water partition coefficient (Wildman–Crippen LogP) is 2.24. The number of nitrogens with zero attached hydrogens (tertiary/aromatic N) is 5. The average Bonchev–Trinajstić information content (AvgIpc) is 3.07. The van der Waals surface area contributed by atoms with Crippen LogP contribution in [0.4, 0.5) is 0 Å². The number of hydrogen-bond donors (Lipinski definition) is 1. The first-order valence-electron chi connectivity index (χ1n) is 8.16. The number of aliphatic imine (C=N–C) groups is 2. The van der Waals surface area contributed by atoms with Gasteiger partial charge in [-0.1, -0.05) is 42.7 Å². The van der Waals surface area contributed by atoms with E-state index in [4.69, 9.17) is 11.6 Å². The zero-order valence-corrected chi connectivity index (χ0v) is 14.9. The van der Waals surface area contributed by atoms with Crippen LogP contribution in [0.15, 0.2) is 39.4 Å². The SMILES string of the molecule is CC(C)CN1C(=NCc2ccc(Cl)cc2)C(=NO)C(=O)N2CCN=C21. The molecule has 3 rings (SSSR count). The van der Waals surface area contributed by atoms with Crippen LogP contribution in [0.3, 0.4) is 0 Å². The molecule has 0 unspecified atom stereocenters. The summed E-state index contributed by atoms with van der Waals surface area (Å²) in [5, 5.41) is 13.3. The molecule has 0 saturated carbocycles. The van der Waals surface area contributed by atoms with Gasteiger partial charge in [0.15, 0.2) is 5.84 Å². The van der Waals surface area contributed by atoms with E-state index in [2.05, 4.69) is 29.0 Å². The number of amidine groups is 1. The van der Waals surface area contributed by atoms with Gasteiger partial charge < -0.3 is 5.21 Å². The molecule has 0 aliphatic carbocycles. The van der Waals surface area contributed by atoms with E-state index in [1.807, 2.05) is 17.0 Å². The fraction of sp³-hybridized carbons (Fsp3) is 0.412. The largest absolute Gasteiger partial charge is 0.410 e. The fourth-order valence-corrected chi connectivity index (χ4v) is 2.97. The number of oxime groups is 1. The van der Waals surface area contributed by atoms with Crippen molar-refractivity contribution in [3.05, 3.63) is 34.9 Å². The summed E-state index contributed by atoms with van der Waals surface area (Å²) < 4.78 is 0. The zero-order chi connectivity index (χ0) is 18.0. The molecule has 1 saturated heterocycles. The van der Waals surface area contributed by atoms with Gasteiger partial charge in [-0.3, -0.25) is 24.6 Å². The summed E-state index contributed by atoms with van der Waals surface area (Å²) in [4.78, 5) is 25.0. The molecule has 0 radical (unpaired) electrons. The van der Waals surface area contributed by atoms with Crippen LogP contribution in [-0.4, -0.2) is 58.1 Å². The molecular formula is C17H20ClN5O2. The summed E-state index contributed by atoms with van der Waals surface area (Å²) in [5.74, 6) is 0.890. The van der Waals surface area contributed by atoms with Gasteiger partial charge in [0.1, 0.15) is 0 Å². The molecule has 1 aromatic rings. The number of halogens is 1. The van der Waals surface area contributed by atoms with Gasteiger partial charge in [0.25, 0.3) is 5.91 Å². The molecule has 1 N–H and O–H groups in total. The van der Waals surface area contributed by atoms with Gasteiger partial charge in [0, 0.05) is 18.1 Å². The predicted molar refractivity (Wildman–Crippen MR) is 97.4 cm³/mol. The second-order valence-electron chi connectivity index (χ2n) is 6.36. The molecule has 2 aliphatic rings. The lowest BCUT2D eigenvalue weighted by Crippen LogP contribution is -2.60. The molecule has 2 aliphatic heterocycles. The number of rotatable bonds is 4. The maximum Gasteiger partial charge on any atom is 0.286 e. The van der Waals surface area contributed by atoms with E-state index in [1.54, 1.807) is 17.0 Å². The number of guanidine groups is 1. The number of fused-ring (bicyclic) bond motifs is 1. The Morgan fingerprint density at radius 3 is 2.68 bits per heavy atom. The molecule has 132 valence electrons. The van der Waals surface area contributed by atoms with E-state index in [0.29, 0.717) is 48.9 Å². The lowest BCUT2D eigenvalue weighted by atomic mass is 10.1. The van der Waals surface area contributed by atoms with Crippen LogP contribution >= 0.6 is 11.6 Å². The summed E-state index contributed by atoms with van der Waals surface area (Å²) in [6.45, 7) is 6.15. The fourth-order valence-electron chi connectivity index (χ4n) is 2.84. The molecule has 0 atom stereocenters. The highest BCUT2D eigenvalue weighted by Crippen LogP contribution is 2.19. The molecule has 1 fully saturated rings. The Bertz CT molecular complexity index is 755. The minimum absolute atomic E-state index is 0.0459. The molecule has 0 spiro atoms. The maximum atomic E-state index is 12.6. The molecule has 0 aromatic heterocycles. The quantitative estimate of drug-likeness (QED) is 0.659. The lowest BCUT2D eigenvalue weighted by Gasteiger charge is -2.36. The zero-order valence-electron chi connectivity index (χ0n) is 14.2. The van der Waals surface area contributed by atoms with Crippen LogP contribution in [0.5, 0.6) is 0 Å². The first kappa shape index (κ1) is 17.4. The second kappa shape index (κ2) is 7.23. The van der Waals surface area contributed by atoms with Crippen molar-refractivity contribution in [1.82, 2.24) is 9.80 Å². The third-order valence-corrected chi connectivity index (χ3v) is 4.20. The Morgan fingerprint density at radius 2 is 2.04 bits per heavy atom. The Labute approximate surface area is 151 Å². The van der Waals surface area contributed by atoms with Crippen molar-refractivity contribution in [1.29, 1.82) is 0 Å². The summed E-state index contributed by atoms with van der Waals surface area (Å²) in [6, 6.07) is 7.33. The molecule has 1 amide bonds. The average molecular weight is 362 g/mol. The molecule has 25 heavy (non-hydrogen) atoms.